The van der Waals surface area contributed by atoms with Gasteiger partial charge in [-0.25, -0.2) is 4.79 Å². The van der Waals surface area contributed by atoms with E-state index in [-0.39, 0.29) is 0 Å². The van der Waals surface area contributed by atoms with Gasteiger partial charge in [-0.3, -0.25) is 0 Å². The summed E-state index contributed by atoms with van der Waals surface area (Å²) in [5.74, 6) is 0.231. The first kappa shape index (κ1) is 15.2. The summed E-state index contributed by atoms with van der Waals surface area (Å²) in [6.45, 7) is 0.496. The third-order valence-electron chi connectivity index (χ3n) is 1.98. The molecule has 1 aromatic rings. The second kappa shape index (κ2) is 7.56. The molecular weight excluding hydrogens is 295 g/mol. The number of halogens is 2. The van der Waals surface area contributed by atoms with Gasteiger partial charge in [-0.05, 0) is 24.5 Å². The van der Waals surface area contributed by atoms with Gasteiger partial charge in [0.15, 0.2) is 0 Å². The number of hydrogen-bond donors (Lipinski definition) is 1. The summed E-state index contributed by atoms with van der Waals surface area (Å²) in [6.07, 6.45) is 4.40. The molecule has 0 aliphatic carbocycles. The van der Waals surface area contributed by atoms with Crippen LogP contribution >= 0.6 is 35.0 Å². The van der Waals surface area contributed by atoms with Gasteiger partial charge in [-0.1, -0.05) is 23.2 Å². The molecule has 0 bridgehead atoms. The third kappa shape index (κ3) is 4.80. The molecule has 0 spiro atoms. The number of carboxylic acid groups (broad SMARTS) is 1. The SMILES string of the molecule is CSCCOc1c(Cl)cc(Cl)cc1/C=C/C(=O)O. The summed E-state index contributed by atoms with van der Waals surface area (Å²) in [4.78, 5) is 10.5. The first-order valence-corrected chi connectivity index (χ1v) is 7.21. The second-order valence-corrected chi connectivity index (χ2v) is 5.15. The maximum Gasteiger partial charge on any atom is 0.328 e. The van der Waals surface area contributed by atoms with Crippen LogP contribution in [0, 0.1) is 0 Å². The van der Waals surface area contributed by atoms with E-state index in [0.29, 0.717) is 28.0 Å². The van der Waals surface area contributed by atoms with Crippen molar-refractivity contribution in [2.45, 2.75) is 0 Å². The monoisotopic (exact) mass is 306 g/mol. The lowest BCUT2D eigenvalue weighted by atomic mass is 10.2. The van der Waals surface area contributed by atoms with Crippen molar-refractivity contribution in [3.63, 3.8) is 0 Å². The summed E-state index contributed by atoms with van der Waals surface area (Å²) in [6, 6.07) is 3.18. The molecule has 0 unspecified atom stereocenters. The smallest absolute Gasteiger partial charge is 0.328 e. The summed E-state index contributed by atoms with van der Waals surface area (Å²) in [7, 11) is 0. The summed E-state index contributed by atoms with van der Waals surface area (Å²) in [5, 5.41) is 9.42. The van der Waals surface area contributed by atoms with Gasteiger partial charge in [-0.15, -0.1) is 0 Å². The van der Waals surface area contributed by atoms with Gasteiger partial charge >= 0.3 is 5.97 Å². The van der Waals surface area contributed by atoms with Gasteiger partial charge in [0.1, 0.15) is 5.75 Å². The Morgan fingerprint density at radius 3 is 2.83 bits per heavy atom. The number of hydrogen-bond acceptors (Lipinski definition) is 3. The highest BCUT2D eigenvalue weighted by atomic mass is 35.5. The van der Waals surface area contributed by atoms with Crippen molar-refractivity contribution in [1.29, 1.82) is 0 Å². The van der Waals surface area contributed by atoms with Crippen LogP contribution in [0.3, 0.4) is 0 Å². The zero-order valence-electron chi connectivity index (χ0n) is 9.65. The number of aliphatic carboxylic acids is 1. The van der Waals surface area contributed by atoms with Crippen LogP contribution in [0.5, 0.6) is 5.75 Å². The van der Waals surface area contributed by atoms with Crippen molar-refractivity contribution in [3.8, 4) is 5.75 Å². The largest absolute Gasteiger partial charge is 0.491 e. The van der Waals surface area contributed by atoms with E-state index in [1.54, 1.807) is 23.9 Å². The Bertz CT molecular complexity index is 461. The number of carboxylic acids is 1. The van der Waals surface area contributed by atoms with Crippen LogP contribution in [0.2, 0.25) is 10.0 Å². The fourth-order valence-corrected chi connectivity index (χ4v) is 2.06. The van der Waals surface area contributed by atoms with Gasteiger partial charge in [0, 0.05) is 22.4 Å². The Hall–Kier alpha value is -0.840. The van der Waals surface area contributed by atoms with Crippen molar-refractivity contribution in [1.82, 2.24) is 0 Å². The Labute approximate surface area is 120 Å². The molecule has 98 valence electrons. The molecule has 0 radical (unpaired) electrons. The number of thioether (sulfide) groups is 1. The molecular formula is C12H12Cl2O3S. The summed E-state index contributed by atoms with van der Waals surface area (Å²) in [5.41, 5.74) is 0.552. The predicted octanol–water partition coefficient (Wildman–Crippen LogP) is 3.83. The van der Waals surface area contributed by atoms with Crippen molar-refractivity contribution >= 4 is 47.0 Å². The highest BCUT2D eigenvalue weighted by Gasteiger charge is 2.09. The fraction of sp³-hybridized carbons (Fsp3) is 0.250. The maximum atomic E-state index is 10.5. The van der Waals surface area contributed by atoms with Gasteiger partial charge in [0.05, 0.1) is 11.6 Å². The Balaban J connectivity index is 3.00. The highest BCUT2D eigenvalue weighted by Crippen LogP contribution is 2.33. The molecule has 0 heterocycles. The van der Waals surface area contributed by atoms with E-state index >= 15 is 0 Å². The Kier molecular flexibility index (Phi) is 6.39. The molecule has 3 nitrogen and oxygen atoms in total. The standard InChI is InChI=1S/C12H12Cl2O3S/c1-18-5-4-17-12-8(2-3-11(15)16)6-9(13)7-10(12)14/h2-3,6-7H,4-5H2,1H3,(H,15,16)/b3-2+. The average Bonchev–Trinajstić information content (AvgIpc) is 2.29. The van der Waals surface area contributed by atoms with Gasteiger partial charge in [0.2, 0.25) is 0 Å². The number of rotatable bonds is 6. The first-order chi connectivity index (χ1) is 8.54. The molecule has 0 saturated heterocycles. The van der Waals surface area contributed by atoms with Gasteiger partial charge in [0.25, 0.3) is 0 Å². The minimum absolute atomic E-state index is 0.369. The molecule has 0 aromatic heterocycles. The molecule has 1 rings (SSSR count). The van der Waals surface area contributed by atoms with Crippen LogP contribution in [-0.2, 0) is 4.79 Å². The van der Waals surface area contributed by atoms with Crippen LogP contribution in [-0.4, -0.2) is 29.7 Å². The van der Waals surface area contributed by atoms with Crippen molar-refractivity contribution < 1.29 is 14.6 Å². The quantitative estimate of drug-likeness (QED) is 0.641. The molecule has 0 aliphatic heterocycles. The zero-order chi connectivity index (χ0) is 13.5. The Morgan fingerprint density at radius 2 is 2.22 bits per heavy atom. The van der Waals surface area contributed by atoms with Gasteiger partial charge in [-0.2, -0.15) is 11.8 Å². The van der Waals surface area contributed by atoms with Crippen LogP contribution in [0.25, 0.3) is 6.08 Å². The van der Waals surface area contributed by atoms with E-state index in [0.717, 1.165) is 11.8 Å². The predicted molar refractivity (Wildman–Crippen MR) is 77.0 cm³/mol. The molecule has 0 amide bonds. The molecule has 6 heteroatoms. The lowest BCUT2D eigenvalue weighted by Gasteiger charge is -2.11. The summed E-state index contributed by atoms with van der Waals surface area (Å²) >= 11 is 13.6. The minimum atomic E-state index is -1.04. The number of benzene rings is 1. The average molecular weight is 307 g/mol. The molecule has 0 atom stereocenters. The van der Waals surface area contributed by atoms with Crippen LogP contribution < -0.4 is 4.74 Å². The van der Waals surface area contributed by atoms with Crippen LogP contribution in [0.15, 0.2) is 18.2 Å². The minimum Gasteiger partial charge on any atom is -0.491 e. The van der Waals surface area contributed by atoms with Crippen LogP contribution in [0.4, 0.5) is 0 Å². The number of ether oxygens (including phenoxy) is 1. The number of carbonyl (C=O) groups is 1. The molecule has 0 saturated carbocycles. The summed E-state index contributed by atoms with van der Waals surface area (Å²) < 4.78 is 5.54. The van der Waals surface area contributed by atoms with E-state index in [1.165, 1.54) is 6.08 Å². The first-order valence-electron chi connectivity index (χ1n) is 5.06. The van der Waals surface area contributed by atoms with Gasteiger partial charge < -0.3 is 9.84 Å². The van der Waals surface area contributed by atoms with Crippen LogP contribution in [0.1, 0.15) is 5.56 Å². The third-order valence-corrected chi connectivity index (χ3v) is 3.05. The normalized spacial score (nSPS) is 10.8. The van der Waals surface area contributed by atoms with E-state index in [2.05, 4.69) is 0 Å². The molecule has 1 aromatic carbocycles. The van der Waals surface area contributed by atoms with E-state index in [9.17, 15) is 4.79 Å². The zero-order valence-corrected chi connectivity index (χ0v) is 12.0. The second-order valence-electron chi connectivity index (χ2n) is 3.32. The van der Waals surface area contributed by atoms with Crippen molar-refractivity contribution in [2.75, 3.05) is 18.6 Å². The van der Waals surface area contributed by atoms with Crippen molar-refractivity contribution in [3.05, 3.63) is 33.8 Å². The molecule has 1 N–H and O–H groups in total. The Morgan fingerprint density at radius 1 is 1.50 bits per heavy atom. The molecule has 0 aliphatic rings. The fourth-order valence-electron chi connectivity index (χ4n) is 1.24. The molecule has 0 fully saturated rings. The lowest BCUT2D eigenvalue weighted by molar-refractivity contribution is -0.131. The van der Waals surface area contributed by atoms with E-state index in [4.69, 9.17) is 33.0 Å². The molecule has 18 heavy (non-hydrogen) atoms. The van der Waals surface area contributed by atoms with Crippen molar-refractivity contribution in [2.24, 2.45) is 0 Å². The lowest BCUT2D eigenvalue weighted by Crippen LogP contribution is -2.02. The van der Waals surface area contributed by atoms with E-state index in [1.807, 2.05) is 6.26 Å². The maximum absolute atomic E-state index is 10.5. The topological polar surface area (TPSA) is 46.5 Å². The highest BCUT2D eigenvalue weighted by molar-refractivity contribution is 7.98. The van der Waals surface area contributed by atoms with E-state index < -0.39 is 5.97 Å².